The van der Waals surface area contributed by atoms with E-state index >= 15 is 0 Å². The highest BCUT2D eigenvalue weighted by molar-refractivity contribution is 5.77. The molecule has 4 rings (SSSR count). The van der Waals surface area contributed by atoms with Gasteiger partial charge >= 0.3 is 6.61 Å². The predicted molar refractivity (Wildman–Crippen MR) is 98.1 cm³/mol. The molecule has 0 aliphatic rings. The van der Waals surface area contributed by atoms with E-state index in [4.69, 9.17) is 0 Å². The molecule has 0 atom stereocenters. The Labute approximate surface area is 158 Å². The van der Waals surface area contributed by atoms with Gasteiger partial charge in [0.15, 0.2) is 5.82 Å². The molecule has 0 aliphatic heterocycles. The second kappa shape index (κ2) is 7.30. The number of rotatable bonds is 5. The van der Waals surface area contributed by atoms with E-state index < -0.39 is 12.4 Å². The van der Waals surface area contributed by atoms with E-state index in [2.05, 4.69) is 19.7 Å². The first-order chi connectivity index (χ1) is 13.6. The highest BCUT2D eigenvalue weighted by Gasteiger charge is 2.16. The van der Waals surface area contributed by atoms with Crippen molar-refractivity contribution in [3.63, 3.8) is 0 Å². The van der Waals surface area contributed by atoms with Crippen molar-refractivity contribution in [1.29, 1.82) is 0 Å². The van der Waals surface area contributed by atoms with Gasteiger partial charge < -0.3 is 4.74 Å². The largest absolute Gasteiger partial charge is 0.435 e. The zero-order chi connectivity index (χ0) is 19.7. The molecule has 0 saturated carbocycles. The van der Waals surface area contributed by atoms with Crippen LogP contribution in [-0.4, -0.2) is 26.1 Å². The van der Waals surface area contributed by atoms with E-state index in [0.717, 1.165) is 23.1 Å². The number of ether oxygens (including phenoxy) is 1. The maximum absolute atomic E-state index is 14.4. The smallest absolute Gasteiger partial charge is 0.387 e. The number of halogens is 3. The Morgan fingerprint density at radius 2 is 1.79 bits per heavy atom. The number of hydrogen-bond acceptors (Lipinski definition) is 4. The quantitative estimate of drug-likeness (QED) is 0.497. The minimum atomic E-state index is -2.92. The van der Waals surface area contributed by atoms with Crippen LogP contribution in [0.25, 0.3) is 28.2 Å². The monoisotopic (exact) mass is 384 g/mol. The number of para-hydroxylation sites is 2. The van der Waals surface area contributed by atoms with E-state index in [1.807, 2.05) is 31.2 Å². The lowest BCUT2D eigenvalue weighted by atomic mass is 10.1. The van der Waals surface area contributed by atoms with Gasteiger partial charge in [-0.3, -0.25) is 4.57 Å². The van der Waals surface area contributed by atoms with E-state index in [0.29, 0.717) is 12.0 Å². The number of nitrogens with zero attached hydrogens (tertiary/aromatic N) is 4. The summed E-state index contributed by atoms with van der Waals surface area (Å²) < 4.78 is 45.1. The van der Waals surface area contributed by atoms with Crippen LogP contribution in [0.2, 0.25) is 0 Å². The molecule has 142 valence electrons. The van der Waals surface area contributed by atoms with Crippen LogP contribution in [0.1, 0.15) is 12.7 Å². The minimum absolute atomic E-state index is 0.0117. The Hall–Kier alpha value is -3.42. The molecule has 8 heteroatoms. The average Bonchev–Trinajstić information content (AvgIpc) is 3.07. The lowest BCUT2D eigenvalue weighted by Gasteiger charge is -2.10. The molecule has 0 aliphatic carbocycles. The lowest BCUT2D eigenvalue weighted by Crippen LogP contribution is -2.07. The normalized spacial score (nSPS) is 11.3. The molecule has 4 aromatic rings. The molecular formula is C20H15F3N4O. The van der Waals surface area contributed by atoms with Gasteiger partial charge in [-0.15, -0.1) is 0 Å². The van der Waals surface area contributed by atoms with Gasteiger partial charge in [0.2, 0.25) is 5.95 Å². The van der Waals surface area contributed by atoms with Crippen molar-refractivity contribution < 1.29 is 17.9 Å². The molecule has 0 saturated heterocycles. The minimum Gasteiger partial charge on any atom is -0.435 e. The summed E-state index contributed by atoms with van der Waals surface area (Å²) >= 11 is 0. The Kier molecular flexibility index (Phi) is 4.68. The topological polar surface area (TPSA) is 52.8 Å². The van der Waals surface area contributed by atoms with Gasteiger partial charge in [-0.25, -0.2) is 19.3 Å². The third-order valence-corrected chi connectivity index (χ3v) is 4.23. The van der Waals surface area contributed by atoms with Crippen molar-refractivity contribution in [2.75, 3.05) is 0 Å². The summed E-state index contributed by atoms with van der Waals surface area (Å²) in [6.07, 6.45) is 1.74. The second-order valence-corrected chi connectivity index (χ2v) is 5.98. The van der Waals surface area contributed by atoms with Crippen molar-refractivity contribution in [3.05, 3.63) is 66.4 Å². The summed E-state index contributed by atoms with van der Waals surface area (Å²) in [7, 11) is 0. The SMILES string of the molecule is CCc1nc2ccccc2n1-c1ncc(F)c(-c2ccc(OC(F)F)cc2)n1. The van der Waals surface area contributed by atoms with Gasteiger partial charge in [-0.1, -0.05) is 19.1 Å². The molecule has 0 N–H and O–H groups in total. The maximum atomic E-state index is 14.4. The zero-order valence-electron chi connectivity index (χ0n) is 14.8. The number of aryl methyl sites for hydroxylation is 1. The van der Waals surface area contributed by atoms with Crippen LogP contribution < -0.4 is 4.74 Å². The summed E-state index contributed by atoms with van der Waals surface area (Å²) in [5.74, 6) is 0.408. The number of fused-ring (bicyclic) bond motifs is 1. The molecule has 2 heterocycles. The van der Waals surface area contributed by atoms with E-state index in [9.17, 15) is 13.2 Å². The standard InChI is InChI=1S/C20H15F3N4O/c1-2-17-25-15-5-3-4-6-16(15)27(17)20-24-11-14(21)18(26-20)12-7-9-13(10-8-12)28-19(22)23/h3-11,19H,2H2,1H3. The lowest BCUT2D eigenvalue weighted by molar-refractivity contribution is -0.0498. The van der Waals surface area contributed by atoms with E-state index in [1.54, 1.807) is 4.57 Å². The van der Waals surface area contributed by atoms with Crippen LogP contribution in [-0.2, 0) is 6.42 Å². The Balaban J connectivity index is 1.80. The highest BCUT2D eigenvalue weighted by atomic mass is 19.3. The molecule has 0 spiro atoms. The van der Waals surface area contributed by atoms with Gasteiger partial charge in [-0.05, 0) is 36.4 Å². The Bertz CT molecular complexity index is 1130. The van der Waals surface area contributed by atoms with E-state index in [1.165, 1.54) is 24.3 Å². The fourth-order valence-corrected chi connectivity index (χ4v) is 3.00. The van der Waals surface area contributed by atoms with Crippen LogP contribution in [0, 0.1) is 5.82 Å². The van der Waals surface area contributed by atoms with Gasteiger partial charge in [0.05, 0.1) is 17.2 Å². The first-order valence-corrected chi connectivity index (χ1v) is 8.61. The summed E-state index contributed by atoms with van der Waals surface area (Å²) in [5.41, 5.74) is 2.10. The Morgan fingerprint density at radius 3 is 2.50 bits per heavy atom. The first kappa shape index (κ1) is 18.0. The van der Waals surface area contributed by atoms with Crippen LogP contribution >= 0.6 is 0 Å². The van der Waals surface area contributed by atoms with Gasteiger partial charge in [0.1, 0.15) is 17.3 Å². The molecule has 0 bridgehead atoms. The van der Waals surface area contributed by atoms with Gasteiger partial charge in [0, 0.05) is 12.0 Å². The summed E-state index contributed by atoms with van der Waals surface area (Å²) in [4.78, 5) is 13.1. The van der Waals surface area contributed by atoms with Crippen LogP contribution in [0.4, 0.5) is 13.2 Å². The van der Waals surface area contributed by atoms with Crippen molar-refractivity contribution in [1.82, 2.24) is 19.5 Å². The molecule has 2 aromatic carbocycles. The van der Waals surface area contributed by atoms with Crippen molar-refractivity contribution in [2.45, 2.75) is 20.0 Å². The molecule has 5 nitrogen and oxygen atoms in total. The predicted octanol–water partition coefficient (Wildman–Crippen LogP) is 4.79. The van der Waals surface area contributed by atoms with Crippen molar-refractivity contribution in [2.24, 2.45) is 0 Å². The fraction of sp³-hybridized carbons (Fsp3) is 0.150. The second-order valence-electron chi connectivity index (χ2n) is 5.98. The number of benzene rings is 2. The zero-order valence-corrected chi connectivity index (χ0v) is 14.8. The first-order valence-electron chi connectivity index (χ1n) is 8.61. The third kappa shape index (κ3) is 3.28. The van der Waals surface area contributed by atoms with Gasteiger partial charge in [0.25, 0.3) is 0 Å². The number of aromatic nitrogens is 4. The van der Waals surface area contributed by atoms with Gasteiger partial charge in [-0.2, -0.15) is 8.78 Å². The molecule has 0 amide bonds. The molecule has 0 fully saturated rings. The fourth-order valence-electron chi connectivity index (χ4n) is 3.00. The van der Waals surface area contributed by atoms with Crippen molar-refractivity contribution in [3.8, 4) is 23.0 Å². The number of alkyl halides is 2. The number of hydrogen-bond donors (Lipinski definition) is 0. The molecular weight excluding hydrogens is 369 g/mol. The molecule has 0 unspecified atom stereocenters. The molecule has 0 radical (unpaired) electrons. The molecule has 2 aromatic heterocycles. The summed E-state index contributed by atoms with van der Waals surface area (Å²) in [6.45, 7) is -0.959. The third-order valence-electron chi connectivity index (χ3n) is 4.23. The van der Waals surface area contributed by atoms with Crippen LogP contribution in [0.5, 0.6) is 5.75 Å². The molecule has 28 heavy (non-hydrogen) atoms. The number of imidazole rings is 1. The Morgan fingerprint density at radius 1 is 1.04 bits per heavy atom. The summed E-state index contributed by atoms with van der Waals surface area (Å²) in [6, 6.07) is 13.2. The van der Waals surface area contributed by atoms with Crippen LogP contribution in [0.3, 0.4) is 0 Å². The van der Waals surface area contributed by atoms with E-state index in [-0.39, 0.29) is 17.4 Å². The van der Waals surface area contributed by atoms with Crippen LogP contribution in [0.15, 0.2) is 54.7 Å². The summed E-state index contributed by atoms with van der Waals surface area (Å²) in [5, 5.41) is 0. The maximum Gasteiger partial charge on any atom is 0.387 e. The average molecular weight is 384 g/mol. The van der Waals surface area contributed by atoms with Crippen molar-refractivity contribution >= 4 is 11.0 Å². The highest BCUT2D eigenvalue weighted by Crippen LogP contribution is 2.26.